The van der Waals surface area contributed by atoms with E-state index in [1.54, 1.807) is 22.9 Å². The number of fused-ring (bicyclic) bond motifs is 2. The zero-order valence-electron chi connectivity index (χ0n) is 22.6. The maximum atomic E-state index is 13.3. The highest BCUT2D eigenvalue weighted by atomic mass is 16.4. The number of nitrogens with zero attached hydrogens (tertiary/aromatic N) is 4. The fourth-order valence-electron chi connectivity index (χ4n) is 6.60. The summed E-state index contributed by atoms with van der Waals surface area (Å²) in [6, 6.07) is 9.55. The smallest absolute Gasteiger partial charge is 0.335 e. The lowest BCUT2D eigenvalue weighted by Gasteiger charge is -2.37. The Morgan fingerprint density at radius 1 is 1.23 bits per heavy atom. The van der Waals surface area contributed by atoms with Crippen molar-refractivity contribution in [2.75, 3.05) is 30.7 Å². The molecular weight excluding hydrogens is 492 g/mol. The first-order valence-corrected chi connectivity index (χ1v) is 13.5. The minimum atomic E-state index is -0.953. The van der Waals surface area contributed by atoms with E-state index >= 15 is 0 Å². The SMILES string of the molecule is Cc1cc(C(=O)O)cc(N)c1C1CCN(C(C)c2cc3c(-n4ccc5c(c4=O)CCN5)ccnc3n2C)CC1.[HH].[HH]. The van der Waals surface area contributed by atoms with E-state index in [1.807, 2.05) is 32.3 Å². The second kappa shape index (κ2) is 9.57. The van der Waals surface area contributed by atoms with Gasteiger partial charge in [-0.2, -0.15) is 0 Å². The van der Waals surface area contributed by atoms with Crippen LogP contribution in [0.2, 0.25) is 0 Å². The van der Waals surface area contributed by atoms with Crippen LogP contribution < -0.4 is 16.6 Å². The van der Waals surface area contributed by atoms with E-state index in [4.69, 9.17) is 5.73 Å². The summed E-state index contributed by atoms with van der Waals surface area (Å²) in [6.45, 7) is 6.79. The van der Waals surface area contributed by atoms with Gasteiger partial charge in [0.2, 0.25) is 0 Å². The number of aromatic nitrogens is 3. The highest BCUT2D eigenvalue weighted by molar-refractivity contribution is 5.89. The average molecular weight is 531 g/mol. The van der Waals surface area contributed by atoms with Crippen molar-refractivity contribution >= 4 is 28.4 Å². The van der Waals surface area contributed by atoms with Crippen LogP contribution in [0.1, 0.15) is 67.3 Å². The number of nitrogens with one attached hydrogen (secondary N) is 1. The number of anilines is 2. The van der Waals surface area contributed by atoms with E-state index < -0.39 is 5.97 Å². The Balaban J connectivity index is 0.00000194. The van der Waals surface area contributed by atoms with Gasteiger partial charge in [-0.3, -0.25) is 14.3 Å². The molecule has 2 aliphatic heterocycles. The number of aryl methyl sites for hydroxylation is 2. The molecule has 0 amide bonds. The average Bonchev–Trinajstić information content (AvgIpc) is 3.54. The van der Waals surface area contributed by atoms with Crippen LogP contribution in [0.5, 0.6) is 0 Å². The number of pyridine rings is 2. The molecule has 9 heteroatoms. The zero-order chi connectivity index (χ0) is 27.4. The minimum Gasteiger partial charge on any atom is -0.478 e. The molecule has 1 atom stereocenters. The van der Waals surface area contributed by atoms with Gasteiger partial charge in [-0.1, -0.05) is 0 Å². The molecule has 2 aliphatic rings. The van der Waals surface area contributed by atoms with Gasteiger partial charge in [0.25, 0.3) is 5.56 Å². The van der Waals surface area contributed by atoms with Crippen LogP contribution >= 0.6 is 0 Å². The minimum absolute atomic E-state index is 0. The molecule has 3 aromatic heterocycles. The molecule has 39 heavy (non-hydrogen) atoms. The van der Waals surface area contributed by atoms with Gasteiger partial charge in [-0.05, 0) is 93.6 Å². The number of nitrogen functional groups attached to an aromatic ring is 1. The molecule has 6 rings (SSSR count). The number of rotatable bonds is 5. The molecule has 1 fully saturated rings. The summed E-state index contributed by atoms with van der Waals surface area (Å²) in [5.41, 5.74) is 13.8. The summed E-state index contributed by atoms with van der Waals surface area (Å²) < 4.78 is 3.89. The predicted octanol–water partition coefficient (Wildman–Crippen LogP) is 4.71. The van der Waals surface area contributed by atoms with Gasteiger partial charge in [0.1, 0.15) is 5.65 Å². The molecule has 0 aliphatic carbocycles. The number of piperidine rings is 1. The van der Waals surface area contributed by atoms with E-state index in [0.717, 1.165) is 83.7 Å². The Hall–Kier alpha value is -4.11. The van der Waals surface area contributed by atoms with Crippen molar-refractivity contribution in [3.63, 3.8) is 0 Å². The number of benzene rings is 1. The summed E-state index contributed by atoms with van der Waals surface area (Å²) in [5, 5.41) is 13.6. The topological polar surface area (TPSA) is 118 Å². The zero-order valence-corrected chi connectivity index (χ0v) is 22.6. The van der Waals surface area contributed by atoms with Crippen molar-refractivity contribution in [2.24, 2.45) is 7.05 Å². The first-order valence-electron chi connectivity index (χ1n) is 13.5. The van der Waals surface area contributed by atoms with Crippen LogP contribution in [0.3, 0.4) is 0 Å². The van der Waals surface area contributed by atoms with Crippen molar-refractivity contribution < 1.29 is 12.8 Å². The number of carboxylic acids is 1. The van der Waals surface area contributed by atoms with Gasteiger partial charge in [-0.15, -0.1) is 0 Å². The van der Waals surface area contributed by atoms with Gasteiger partial charge in [0, 0.05) is 62.9 Å². The molecular formula is C30H38N6O3. The molecule has 4 aromatic rings. The number of likely N-dealkylation sites (tertiary alicyclic amines) is 1. The standard InChI is InChI=1S/C30H34N6O3.2H2/c1-17-14-20(30(38)39)15-23(31)27(17)19-6-11-35(12-7-19)18(2)26-16-22-25(5-10-33-28(22)34(26)3)36-13-8-24-21(29(36)37)4-9-32-24;;/h5,8,10,13-16,18-19,32H,4,6-7,9,11-12,31H2,1-3H3,(H,38,39);2*1H. The van der Waals surface area contributed by atoms with Crippen molar-refractivity contribution in [2.45, 2.75) is 45.1 Å². The van der Waals surface area contributed by atoms with Gasteiger partial charge in [-0.25, -0.2) is 9.78 Å². The Labute approximate surface area is 229 Å². The lowest BCUT2D eigenvalue weighted by atomic mass is 9.84. The van der Waals surface area contributed by atoms with Gasteiger partial charge in [0.15, 0.2) is 0 Å². The van der Waals surface area contributed by atoms with E-state index in [0.29, 0.717) is 11.6 Å². The normalized spacial score (nSPS) is 16.8. The number of hydrogen-bond acceptors (Lipinski definition) is 6. The number of carboxylic acid groups (broad SMARTS) is 1. The van der Waals surface area contributed by atoms with Crippen LogP contribution in [0.25, 0.3) is 16.7 Å². The van der Waals surface area contributed by atoms with Crippen LogP contribution in [0, 0.1) is 6.92 Å². The van der Waals surface area contributed by atoms with Crippen LogP contribution in [-0.2, 0) is 13.5 Å². The van der Waals surface area contributed by atoms with Crippen molar-refractivity contribution in [3.05, 3.63) is 81.0 Å². The van der Waals surface area contributed by atoms with Gasteiger partial charge >= 0.3 is 5.97 Å². The molecule has 0 spiro atoms. The van der Waals surface area contributed by atoms with Gasteiger partial charge < -0.3 is 20.7 Å². The quantitative estimate of drug-likeness (QED) is 0.320. The monoisotopic (exact) mass is 530 g/mol. The molecule has 1 unspecified atom stereocenters. The van der Waals surface area contributed by atoms with E-state index in [-0.39, 0.29) is 20.0 Å². The number of nitrogens with two attached hydrogens (primary N) is 1. The molecule has 0 saturated carbocycles. The number of carbonyl (C=O) groups is 1. The second-order valence-corrected chi connectivity index (χ2v) is 10.8. The van der Waals surface area contributed by atoms with E-state index in [2.05, 4.69) is 32.8 Å². The first kappa shape index (κ1) is 25.2. The van der Waals surface area contributed by atoms with Crippen LogP contribution in [0.15, 0.2) is 47.5 Å². The lowest BCUT2D eigenvalue weighted by molar-refractivity contribution is 0.0696. The predicted molar refractivity (Wildman–Crippen MR) is 157 cm³/mol. The van der Waals surface area contributed by atoms with E-state index in [9.17, 15) is 14.7 Å². The van der Waals surface area contributed by atoms with Crippen molar-refractivity contribution in [1.29, 1.82) is 0 Å². The Morgan fingerprint density at radius 3 is 2.72 bits per heavy atom. The van der Waals surface area contributed by atoms with Crippen LogP contribution in [-0.4, -0.2) is 49.7 Å². The molecule has 4 N–H and O–H groups in total. The highest BCUT2D eigenvalue weighted by Gasteiger charge is 2.29. The van der Waals surface area contributed by atoms with Crippen LogP contribution in [0.4, 0.5) is 11.4 Å². The second-order valence-electron chi connectivity index (χ2n) is 10.8. The lowest BCUT2D eigenvalue weighted by Crippen LogP contribution is -2.36. The van der Waals surface area contributed by atoms with Crippen molar-refractivity contribution in [1.82, 2.24) is 19.0 Å². The summed E-state index contributed by atoms with van der Waals surface area (Å²) in [4.78, 5) is 31.8. The Bertz CT molecular complexity index is 1650. The van der Waals surface area contributed by atoms with E-state index in [1.165, 1.54) is 0 Å². The molecule has 5 heterocycles. The summed E-state index contributed by atoms with van der Waals surface area (Å²) >= 11 is 0. The maximum Gasteiger partial charge on any atom is 0.335 e. The molecule has 1 saturated heterocycles. The third-order valence-corrected chi connectivity index (χ3v) is 8.67. The Morgan fingerprint density at radius 2 is 2.00 bits per heavy atom. The summed E-state index contributed by atoms with van der Waals surface area (Å²) in [5.74, 6) is -0.649. The maximum absolute atomic E-state index is 13.3. The molecule has 9 nitrogen and oxygen atoms in total. The van der Waals surface area contributed by atoms with Gasteiger partial charge in [0.05, 0.1) is 11.3 Å². The third-order valence-electron chi connectivity index (χ3n) is 8.67. The third kappa shape index (κ3) is 4.17. The molecule has 1 aromatic carbocycles. The van der Waals surface area contributed by atoms with Crippen molar-refractivity contribution in [3.8, 4) is 5.69 Å². The Kier molecular flexibility index (Phi) is 6.18. The summed E-state index contributed by atoms with van der Waals surface area (Å²) in [7, 11) is 2.04. The first-order chi connectivity index (χ1) is 18.7. The molecule has 0 bridgehead atoms. The largest absolute Gasteiger partial charge is 0.478 e. The number of aromatic carboxylic acids is 1. The number of hydrogen-bond donors (Lipinski definition) is 3. The summed E-state index contributed by atoms with van der Waals surface area (Å²) in [6.07, 6.45) is 6.27. The fraction of sp³-hybridized carbons (Fsp3) is 0.367. The molecule has 0 radical (unpaired) electrons. The fourth-order valence-corrected chi connectivity index (χ4v) is 6.60. The highest BCUT2D eigenvalue weighted by Crippen LogP contribution is 2.38. The molecule has 206 valence electrons.